The molecule has 0 aliphatic rings. The normalized spacial score (nSPS) is 14.9. The number of hydrogen-bond donors (Lipinski definition) is 1. The summed E-state index contributed by atoms with van der Waals surface area (Å²) in [5.74, 6) is -2.36. The Balaban J connectivity index is 2.58. The number of para-hydroxylation sites is 1. The van der Waals surface area contributed by atoms with Gasteiger partial charge in [0.25, 0.3) is 0 Å². The van der Waals surface area contributed by atoms with Crippen LogP contribution < -0.4 is 0 Å². The van der Waals surface area contributed by atoms with E-state index < -0.39 is 5.85 Å². The average Bonchev–Trinajstić information content (AvgIpc) is 2.69. The topological polar surface area (TPSA) is 38.0 Å². The number of nitrogens with zero attached hydrogens (tertiary/aromatic N) is 2. The quantitative estimate of drug-likeness (QED) is 0.816. The highest BCUT2D eigenvalue weighted by molar-refractivity contribution is 5.42. The summed E-state index contributed by atoms with van der Waals surface area (Å²) in [5, 5.41) is 13.4. The molecule has 0 amide bonds. The zero-order chi connectivity index (χ0) is 10.9. The van der Waals surface area contributed by atoms with E-state index in [9.17, 15) is 9.50 Å². The van der Waals surface area contributed by atoms with Crippen molar-refractivity contribution >= 4 is 0 Å². The lowest BCUT2D eigenvalue weighted by molar-refractivity contribution is -0.0768. The first-order valence-electron chi connectivity index (χ1n) is 4.60. The summed E-state index contributed by atoms with van der Waals surface area (Å²) in [6.07, 6.45) is 3.30. The zero-order valence-corrected chi connectivity index (χ0v) is 8.26. The van der Waals surface area contributed by atoms with Gasteiger partial charge in [0.1, 0.15) is 0 Å². The van der Waals surface area contributed by atoms with Crippen molar-refractivity contribution in [3.05, 3.63) is 48.3 Å². The van der Waals surface area contributed by atoms with Crippen LogP contribution in [0.3, 0.4) is 0 Å². The molecule has 0 fully saturated rings. The molecule has 78 valence electrons. The molecule has 0 spiro atoms. The minimum atomic E-state index is -2.36. The molecule has 0 bridgehead atoms. The maximum Gasteiger partial charge on any atom is 0.232 e. The lowest BCUT2D eigenvalue weighted by Crippen LogP contribution is -2.17. The maximum atomic E-state index is 13.5. The fourth-order valence-corrected chi connectivity index (χ4v) is 1.47. The Hall–Kier alpha value is -1.68. The molecule has 2 rings (SSSR count). The number of halogens is 1. The van der Waals surface area contributed by atoms with Crippen LogP contribution in [-0.2, 0) is 5.85 Å². The van der Waals surface area contributed by atoms with Crippen molar-refractivity contribution in [2.75, 3.05) is 0 Å². The van der Waals surface area contributed by atoms with Crippen molar-refractivity contribution in [2.45, 2.75) is 12.8 Å². The second-order valence-electron chi connectivity index (χ2n) is 3.42. The van der Waals surface area contributed by atoms with Gasteiger partial charge in [-0.3, -0.25) is 0 Å². The van der Waals surface area contributed by atoms with Crippen LogP contribution in [0.5, 0.6) is 0 Å². The molecule has 0 saturated carbocycles. The second kappa shape index (κ2) is 3.47. The number of rotatable bonds is 2. The molecule has 1 heterocycles. The van der Waals surface area contributed by atoms with E-state index in [2.05, 4.69) is 5.10 Å². The molecular formula is C11H11FN2O. The van der Waals surface area contributed by atoms with Crippen LogP contribution in [-0.4, -0.2) is 14.9 Å². The van der Waals surface area contributed by atoms with Crippen molar-refractivity contribution in [2.24, 2.45) is 0 Å². The molecule has 0 aliphatic heterocycles. The van der Waals surface area contributed by atoms with Gasteiger partial charge in [-0.1, -0.05) is 18.2 Å². The second-order valence-corrected chi connectivity index (χ2v) is 3.42. The van der Waals surface area contributed by atoms with E-state index in [1.54, 1.807) is 36.7 Å². The van der Waals surface area contributed by atoms with Gasteiger partial charge in [0.05, 0.1) is 5.69 Å². The van der Waals surface area contributed by atoms with Gasteiger partial charge >= 0.3 is 0 Å². The Morgan fingerprint density at radius 1 is 1.33 bits per heavy atom. The molecule has 0 aliphatic carbocycles. The summed E-state index contributed by atoms with van der Waals surface area (Å²) in [5.41, 5.74) is 0.740. The Bertz CT molecular complexity index is 446. The van der Waals surface area contributed by atoms with E-state index in [0.717, 1.165) is 6.92 Å². The molecule has 15 heavy (non-hydrogen) atoms. The van der Waals surface area contributed by atoms with E-state index in [1.807, 2.05) is 0 Å². The van der Waals surface area contributed by atoms with Crippen LogP contribution in [0.4, 0.5) is 4.39 Å². The fourth-order valence-electron chi connectivity index (χ4n) is 1.47. The first-order chi connectivity index (χ1) is 7.09. The molecule has 3 nitrogen and oxygen atoms in total. The van der Waals surface area contributed by atoms with E-state index in [4.69, 9.17) is 0 Å². The van der Waals surface area contributed by atoms with Gasteiger partial charge in [0.2, 0.25) is 5.85 Å². The SMILES string of the molecule is CC(O)(F)c1ccccc1-n1cccn1. The predicted octanol–water partition coefficient (Wildman–Crippen LogP) is 2.01. The molecule has 0 saturated heterocycles. The molecule has 1 aromatic heterocycles. The Labute approximate surface area is 86.8 Å². The van der Waals surface area contributed by atoms with E-state index in [0.29, 0.717) is 5.69 Å². The lowest BCUT2D eigenvalue weighted by Gasteiger charge is -2.17. The van der Waals surface area contributed by atoms with Gasteiger partial charge in [0, 0.05) is 18.0 Å². The number of alkyl halides is 1. The number of aromatic nitrogens is 2. The van der Waals surface area contributed by atoms with Gasteiger partial charge in [-0.05, 0) is 19.1 Å². The largest absolute Gasteiger partial charge is 0.358 e. The Kier molecular flexibility index (Phi) is 2.28. The van der Waals surface area contributed by atoms with Crippen molar-refractivity contribution in [1.82, 2.24) is 9.78 Å². The highest BCUT2D eigenvalue weighted by atomic mass is 19.2. The third-order valence-corrected chi connectivity index (χ3v) is 2.15. The smallest absolute Gasteiger partial charge is 0.232 e. The van der Waals surface area contributed by atoms with Crippen LogP contribution in [0.2, 0.25) is 0 Å². The Morgan fingerprint density at radius 2 is 2.07 bits per heavy atom. The zero-order valence-electron chi connectivity index (χ0n) is 8.26. The maximum absolute atomic E-state index is 13.5. The van der Waals surface area contributed by atoms with Crippen molar-refractivity contribution < 1.29 is 9.50 Å². The number of hydrogen-bond acceptors (Lipinski definition) is 2. The minimum Gasteiger partial charge on any atom is -0.358 e. The summed E-state index contributed by atoms with van der Waals surface area (Å²) >= 11 is 0. The van der Waals surface area contributed by atoms with E-state index in [-0.39, 0.29) is 5.56 Å². The van der Waals surface area contributed by atoms with Crippen LogP contribution in [0.15, 0.2) is 42.7 Å². The summed E-state index contributed by atoms with van der Waals surface area (Å²) in [4.78, 5) is 0. The van der Waals surface area contributed by atoms with Gasteiger partial charge in [-0.2, -0.15) is 5.10 Å². The van der Waals surface area contributed by atoms with Crippen molar-refractivity contribution in [1.29, 1.82) is 0 Å². The van der Waals surface area contributed by atoms with Crippen LogP contribution in [0.25, 0.3) is 5.69 Å². The molecule has 1 unspecified atom stereocenters. The van der Waals surface area contributed by atoms with Crippen molar-refractivity contribution in [3.8, 4) is 5.69 Å². The highest BCUT2D eigenvalue weighted by Crippen LogP contribution is 2.27. The first kappa shape index (κ1) is 9.86. The average molecular weight is 206 g/mol. The minimum absolute atomic E-state index is 0.203. The molecule has 2 aromatic rings. The molecule has 0 radical (unpaired) electrons. The standard InChI is InChI=1S/C11H11FN2O/c1-11(12,15)9-5-2-3-6-10(9)14-8-4-7-13-14/h2-8,15H,1H3. The molecule has 4 heteroatoms. The van der Waals surface area contributed by atoms with Gasteiger partial charge < -0.3 is 5.11 Å². The summed E-state index contributed by atoms with van der Waals surface area (Å²) < 4.78 is 15.0. The van der Waals surface area contributed by atoms with E-state index in [1.165, 1.54) is 10.7 Å². The molecular weight excluding hydrogens is 195 g/mol. The Morgan fingerprint density at radius 3 is 2.67 bits per heavy atom. The summed E-state index contributed by atoms with van der Waals surface area (Å²) in [6, 6.07) is 8.43. The van der Waals surface area contributed by atoms with E-state index >= 15 is 0 Å². The first-order valence-corrected chi connectivity index (χ1v) is 4.60. The third-order valence-electron chi connectivity index (χ3n) is 2.15. The van der Waals surface area contributed by atoms with Gasteiger partial charge in [-0.25, -0.2) is 9.07 Å². The molecule has 1 aromatic carbocycles. The van der Waals surface area contributed by atoms with Crippen LogP contribution in [0, 0.1) is 0 Å². The number of benzene rings is 1. The number of aliphatic hydroxyl groups is 1. The third kappa shape index (κ3) is 1.89. The van der Waals surface area contributed by atoms with Crippen LogP contribution in [0.1, 0.15) is 12.5 Å². The lowest BCUT2D eigenvalue weighted by atomic mass is 10.1. The van der Waals surface area contributed by atoms with Crippen molar-refractivity contribution in [3.63, 3.8) is 0 Å². The molecule has 1 N–H and O–H groups in total. The summed E-state index contributed by atoms with van der Waals surface area (Å²) in [7, 11) is 0. The van der Waals surface area contributed by atoms with Gasteiger partial charge in [-0.15, -0.1) is 0 Å². The molecule has 1 atom stereocenters. The monoisotopic (exact) mass is 206 g/mol. The summed E-state index contributed by atoms with van der Waals surface area (Å²) in [6.45, 7) is 1.11. The van der Waals surface area contributed by atoms with Gasteiger partial charge in [0.15, 0.2) is 0 Å². The van der Waals surface area contributed by atoms with Crippen LogP contribution >= 0.6 is 0 Å². The predicted molar refractivity (Wildman–Crippen MR) is 54.2 cm³/mol. The highest BCUT2D eigenvalue weighted by Gasteiger charge is 2.25. The fraction of sp³-hybridized carbons (Fsp3) is 0.182.